The molecule has 2 aliphatic heterocycles. The van der Waals surface area contributed by atoms with Crippen molar-refractivity contribution in [2.45, 2.75) is 46.6 Å². The molecule has 1 N–H and O–H groups in total. The summed E-state index contributed by atoms with van der Waals surface area (Å²) in [6, 6.07) is 12.6. The van der Waals surface area contributed by atoms with Gasteiger partial charge in [0.05, 0.1) is 11.0 Å². The molecule has 0 unspecified atom stereocenters. The summed E-state index contributed by atoms with van der Waals surface area (Å²) in [4.78, 5) is 35.1. The first kappa shape index (κ1) is 19.1. The normalized spacial score (nSPS) is 11.4. The third-order valence-corrected chi connectivity index (χ3v) is 5.42. The zero-order valence-electron chi connectivity index (χ0n) is 17.0. The predicted octanol–water partition coefficient (Wildman–Crippen LogP) is 3.40. The van der Waals surface area contributed by atoms with Crippen molar-refractivity contribution in [1.82, 2.24) is 19.5 Å². The smallest absolute Gasteiger partial charge is 0.322 e. The maximum Gasteiger partial charge on any atom is 0.349 e. The van der Waals surface area contributed by atoms with Crippen LogP contribution >= 0.6 is 0 Å². The van der Waals surface area contributed by atoms with Gasteiger partial charge in [0.25, 0.3) is 5.56 Å². The Kier molecular flexibility index (Phi) is 5.01. The van der Waals surface area contributed by atoms with Crippen LogP contribution in [-0.4, -0.2) is 19.5 Å². The first-order valence-electron chi connectivity index (χ1n) is 9.96. The second kappa shape index (κ2) is 7.62. The first-order valence-corrected chi connectivity index (χ1v) is 9.96. The molecule has 0 aliphatic carbocycles. The lowest BCUT2D eigenvalue weighted by Gasteiger charge is -2.18. The number of benzene rings is 2. The van der Waals surface area contributed by atoms with Crippen molar-refractivity contribution in [3.05, 3.63) is 79.5 Å². The molecule has 6 nitrogen and oxygen atoms in total. The molecule has 29 heavy (non-hydrogen) atoms. The quantitative estimate of drug-likeness (QED) is 0.532. The SMILES string of the molecule is CCc1cc2c(cc1C)nc1c(=O)[nH]c(=O)nc-1n2CCCc1ccc(C)cc1. The van der Waals surface area contributed by atoms with Gasteiger partial charge in [-0.1, -0.05) is 36.8 Å². The molecule has 0 amide bonds. The number of nitrogens with one attached hydrogen (secondary N) is 1. The molecule has 0 bridgehead atoms. The molecule has 2 heterocycles. The highest BCUT2D eigenvalue weighted by Gasteiger charge is 2.19. The lowest BCUT2D eigenvalue weighted by atomic mass is 10.0. The summed E-state index contributed by atoms with van der Waals surface area (Å²) in [5.41, 5.74) is 5.58. The van der Waals surface area contributed by atoms with Crippen molar-refractivity contribution in [3.63, 3.8) is 0 Å². The lowest BCUT2D eigenvalue weighted by Crippen LogP contribution is -2.29. The highest BCUT2D eigenvalue weighted by molar-refractivity contribution is 5.81. The second-order valence-electron chi connectivity index (χ2n) is 7.52. The van der Waals surface area contributed by atoms with Crippen molar-refractivity contribution in [1.29, 1.82) is 0 Å². The molecule has 0 fully saturated rings. The van der Waals surface area contributed by atoms with Crippen LogP contribution in [0.25, 0.3) is 22.6 Å². The zero-order chi connectivity index (χ0) is 20.5. The van der Waals surface area contributed by atoms with Crippen molar-refractivity contribution in [2.24, 2.45) is 0 Å². The molecule has 6 heteroatoms. The van der Waals surface area contributed by atoms with E-state index in [0.29, 0.717) is 12.4 Å². The van der Waals surface area contributed by atoms with E-state index in [1.807, 2.05) is 10.6 Å². The zero-order valence-corrected chi connectivity index (χ0v) is 17.0. The number of H-pyrrole nitrogens is 1. The van der Waals surface area contributed by atoms with Crippen molar-refractivity contribution >= 4 is 11.0 Å². The van der Waals surface area contributed by atoms with Crippen molar-refractivity contribution < 1.29 is 0 Å². The maximum atomic E-state index is 12.4. The molecule has 148 valence electrons. The Balaban J connectivity index is 1.82. The minimum Gasteiger partial charge on any atom is -0.322 e. The molecule has 0 aromatic heterocycles. The molecular weight excluding hydrogens is 364 g/mol. The van der Waals surface area contributed by atoms with Crippen LogP contribution < -0.4 is 11.2 Å². The van der Waals surface area contributed by atoms with Gasteiger partial charge in [0, 0.05) is 6.54 Å². The van der Waals surface area contributed by atoms with Gasteiger partial charge in [0.15, 0.2) is 11.5 Å². The summed E-state index contributed by atoms with van der Waals surface area (Å²) in [6.07, 6.45) is 2.66. The Morgan fingerprint density at radius 3 is 2.52 bits per heavy atom. The van der Waals surface area contributed by atoms with Crippen LogP contribution in [0.2, 0.25) is 0 Å². The van der Waals surface area contributed by atoms with E-state index in [4.69, 9.17) is 0 Å². The molecule has 2 aromatic carbocycles. The van der Waals surface area contributed by atoms with E-state index in [9.17, 15) is 9.59 Å². The lowest BCUT2D eigenvalue weighted by molar-refractivity contribution is 0.648. The molecular formula is C23H24N4O2. The largest absolute Gasteiger partial charge is 0.349 e. The first-order chi connectivity index (χ1) is 14.0. The summed E-state index contributed by atoms with van der Waals surface area (Å²) in [5.74, 6) is 0.348. The fourth-order valence-electron chi connectivity index (χ4n) is 3.79. The minimum atomic E-state index is -0.640. The number of hydrogen-bond donors (Lipinski definition) is 1. The maximum absolute atomic E-state index is 12.4. The van der Waals surface area contributed by atoms with Crippen LogP contribution in [0.1, 0.15) is 35.6 Å². The Bertz CT molecular complexity index is 1270. The van der Waals surface area contributed by atoms with Crippen LogP contribution in [0, 0.1) is 13.8 Å². The Morgan fingerprint density at radius 2 is 1.79 bits per heavy atom. The van der Waals surface area contributed by atoms with Gasteiger partial charge in [-0.25, -0.2) is 9.78 Å². The average molecular weight is 388 g/mol. The number of aromatic nitrogens is 4. The number of hydrogen-bond acceptors (Lipinski definition) is 4. The standard InChI is InChI=1S/C23H24N4O2/c1-4-17-13-19-18(12-15(17)3)24-20-21(25-23(29)26-22(20)28)27(19)11-5-6-16-9-7-14(2)8-10-16/h7-10,12-13H,4-6,11H2,1-3H3,(H,26,28,29). The van der Waals surface area contributed by atoms with E-state index in [1.54, 1.807) is 0 Å². The van der Waals surface area contributed by atoms with E-state index in [2.05, 4.69) is 66.1 Å². The van der Waals surface area contributed by atoms with E-state index in [1.165, 1.54) is 16.7 Å². The van der Waals surface area contributed by atoms with Gasteiger partial charge in [0.1, 0.15) is 0 Å². The Labute approximate surface area is 168 Å². The molecule has 0 spiro atoms. The highest BCUT2D eigenvalue weighted by Crippen LogP contribution is 2.25. The topological polar surface area (TPSA) is 80.6 Å². The van der Waals surface area contributed by atoms with E-state index in [-0.39, 0.29) is 5.69 Å². The number of rotatable bonds is 5. The monoisotopic (exact) mass is 388 g/mol. The molecule has 2 aliphatic rings. The van der Waals surface area contributed by atoms with E-state index in [0.717, 1.165) is 35.9 Å². The van der Waals surface area contributed by atoms with Crippen molar-refractivity contribution in [2.75, 3.05) is 0 Å². The molecule has 0 radical (unpaired) electrons. The Hall–Kier alpha value is -3.28. The number of aryl methyl sites for hydroxylation is 5. The summed E-state index contributed by atoms with van der Waals surface area (Å²) in [5, 5.41) is 0. The van der Waals surface area contributed by atoms with Crippen LogP contribution in [0.3, 0.4) is 0 Å². The van der Waals surface area contributed by atoms with Crippen LogP contribution in [0.4, 0.5) is 0 Å². The number of aromatic amines is 1. The van der Waals surface area contributed by atoms with Gasteiger partial charge in [0.2, 0.25) is 0 Å². The van der Waals surface area contributed by atoms with Gasteiger partial charge in [-0.2, -0.15) is 4.98 Å². The average Bonchev–Trinajstić information content (AvgIpc) is 2.69. The third kappa shape index (κ3) is 3.70. The fraction of sp³-hybridized carbons (Fsp3) is 0.304. The molecule has 0 saturated carbocycles. The van der Waals surface area contributed by atoms with Crippen LogP contribution in [0.15, 0.2) is 46.0 Å². The molecule has 0 saturated heterocycles. The molecule has 4 rings (SSSR count). The van der Waals surface area contributed by atoms with Gasteiger partial charge < -0.3 is 4.57 Å². The van der Waals surface area contributed by atoms with Crippen LogP contribution in [0.5, 0.6) is 0 Å². The number of nitrogens with zero attached hydrogens (tertiary/aromatic N) is 3. The van der Waals surface area contributed by atoms with Gasteiger partial charge in [-0.05, 0) is 61.9 Å². The van der Waals surface area contributed by atoms with Gasteiger partial charge in [-0.15, -0.1) is 0 Å². The van der Waals surface area contributed by atoms with Gasteiger partial charge in [-0.3, -0.25) is 9.78 Å². The van der Waals surface area contributed by atoms with Gasteiger partial charge >= 0.3 is 5.69 Å². The summed E-state index contributed by atoms with van der Waals surface area (Å²) >= 11 is 0. The third-order valence-electron chi connectivity index (χ3n) is 5.42. The minimum absolute atomic E-state index is 0.205. The molecule has 2 aromatic rings. The predicted molar refractivity (Wildman–Crippen MR) is 115 cm³/mol. The van der Waals surface area contributed by atoms with Crippen molar-refractivity contribution in [3.8, 4) is 11.5 Å². The van der Waals surface area contributed by atoms with Crippen LogP contribution in [-0.2, 0) is 19.4 Å². The Morgan fingerprint density at radius 1 is 1.03 bits per heavy atom. The highest BCUT2D eigenvalue weighted by atomic mass is 16.2. The summed E-state index contributed by atoms with van der Waals surface area (Å²) < 4.78 is 1.97. The fourth-order valence-corrected chi connectivity index (χ4v) is 3.79. The van der Waals surface area contributed by atoms with E-state index < -0.39 is 11.2 Å². The van der Waals surface area contributed by atoms with E-state index >= 15 is 0 Å². The second-order valence-corrected chi connectivity index (χ2v) is 7.52. The molecule has 0 atom stereocenters. The number of fused-ring (bicyclic) bond motifs is 2. The summed E-state index contributed by atoms with van der Waals surface area (Å²) in [7, 11) is 0. The summed E-state index contributed by atoms with van der Waals surface area (Å²) in [6.45, 7) is 6.88.